The minimum Gasteiger partial charge on any atom is -0.350 e. The normalized spacial score (nSPS) is 31.9. The zero-order chi connectivity index (χ0) is 21.3. The smallest absolute Gasteiger partial charge is 0.0886 e. The molecular formula is C28H38N2. The van der Waals surface area contributed by atoms with Crippen LogP contribution in [0.5, 0.6) is 0 Å². The molecule has 0 spiro atoms. The molecule has 0 aromatic heterocycles. The van der Waals surface area contributed by atoms with Crippen molar-refractivity contribution < 1.29 is 0 Å². The molecule has 2 aliphatic heterocycles. The van der Waals surface area contributed by atoms with E-state index in [1.54, 1.807) is 11.1 Å². The average Bonchev–Trinajstić information content (AvgIpc) is 3.39. The monoisotopic (exact) mass is 402 g/mol. The first kappa shape index (κ1) is 20.1. The average molecular weight is 403 g/mol. The highest BCUT2D eigenvalue weighted by molar-refractivity contribution is 5.59. The van der Waals surface area contributed by atoms with Crippen LogP contribution in [-0.2, 0) is 5.54 Å². The van der Waals surface area contributed by atoms with Gasteiger partial charge in [0.05, 0.1) is 12.2 Å². The molecule has 0 N–H and O–H groups in total. The molecule has 5 rings (SSSR count). The quantitative estimate of drug-likeness (QED) is 0.531. The summed E-state index contributed by atoms with van der Waals surface area (Å²) in [6.07, 6.45) is 5.88. The van der Waals surface area contributed by atoms with Crippen molar-refractivity contribution in [1.82, 2.24) is 4.90 Å². The van der Waals surface area contributed by atoms with Crippen LogP contribution in [0, 0.1) is 18.3 Å². The van der Waals surface area contributed by atoms with Gasteiger partial charge in [-0.2, -0.15) is 0 Å². The van der Waals surface area contributed by atoms with Crippen LogP contribution in [0.15, 0.2) is 48.5 Å². The van der Waals surface area contributed by atoms with E-state index in [2.05, 4.69) is 99.9 Å². The standard InChI is InChI=1S/C28H38N2/c1-19-13-7-12-18-24(19)29-20(2)25-22-16-10-11-17-23(22)28(6,21-14-8-9-15-21)30(25)26(29)27(3,4)5/h7,10-13,16-18,20-21,25-26H,8-9,14-15H2,1-6H3/t20-,25?,26?,28?/m0/s1. The molecule has 2 heteroatoms. The van der Waals surface area contributed by atoms with E-state index in [1.807, 2.05) is 0 Å². The molecule has 1 saturated carbocycles. The van der Waals surface area contributed by atoms with Gasteiger partial charge in [0.2, 0.25) is 0 Å². The van der Waals surface area contributed by atoms with Crippen molar-refractivity contribution in [3.63, 3.8) is 0 Å². The second kappa shape index (κ2) is 6.85. The van der Waals surface area contributed by atoms with Gasteiger partial charge in [0.25, 0.3) is 0 Å². The van der Waals surface area contributed by atoms with E-state index < -0.39 is 0 Å². The molecule has 3 aliphatic rings. The molecule has 1 aliphatic carbocycles. The first-order valence-electron chi connectivity index (χ1n) is 12.0. The number of para-hydroxylation sites is 1. The molecular weight excluding hydrogens is 364 g/mol. The predicted octanol–water partition coefficient (Wildman–Crippen LogP) is 7.04. The van der Waals surface area contributed by atoms with Crippen molar-refractivity contribution >= 4 is 5.69 Å². The molecule has 0 radical (unpaired) electrons. The Morgan fingerprint density at radius 1 is 0.933 bits per heavy atom. The van der Waals surface area contributed by atoms with Crippen molar-refractivity contribution in [2.45, 2.75) is 91.0 Å². The van der Waals surface area contributed by atoms with E-state index in [4.69, 9.17) is 0 Å². The first-order valence-corrected chi connectivity index (χ1v) is 12.0. The largest absolute Gasteiger partial charge is 0.350 e. The van der Waals surface area contributed by atoms with E-state index >= 15 is 0 Å². The Labute approximate surface area is 183 Å². The summed E-state index contributed by atoms with van der Waals surface area (Å²) in [5.41, 5.74) is 6.23. The zero-order valence-corrected chi connectivity index (χ0v) is 19.7. The fourth-order valence-electron chi connectivity index (χ4n) is 7.16. The third kappa shape index (κ3) is 2.65. The van der Waals surface area contributed by atoms with Crippen LogP contribution in [0.3, 0.4) is 0 Å². The highest BCUT2D eigenvalue weighted by Crippen LogP contribution is 2.61. The van der Waals surface area contributed by atoms with Crippen molar-refractivity contribution in [2.24, 2.45) is 11.3 Å². The van der Waals surface area contributed by atoms with Crippen molar-refractivity contribution in [3.8, 4) is 0 Å². The van der Waals surface area contributed by atoms with E-state index in [-0.39, 0.29) is 11.0 Å². The van der Waals surface area contributed by atoms with Gasteiger partial charge in [-0.25, -0.2) is 0 Å². The first-order chi connectivity index (χ1) is 14.3. The Morgan fingerprint density at radius 2 is 1.57 bits per heavy atom. The number of hydrogen-bond donors (Lipinski definition) is 0. The van der Waals surface area contributed by atoms with Crippen LogP contribution < -0.4 is 4.90 Å². The lowest BCUT2D eigenvalue weighted by Crippen LogP contribution is -2.56. The van der Waals surface area contributed by atoms with Gasteiger partial charge >= 0.3 is 0 Å². The van der Waals surface area contributed by atoms with Crippen LogP contribution in [0.25, 0.3) is 0 Å². The summed E-state index contributed by atoms with van der Waals surface area (Å²) in [4.78, 5) is 5.73. The molecule has 3 unspecified atom stereocenters. The van der Waals surface area contributed by atoms with Gasteiger partial charge in [0.1, 0.15) is 0 Å². The lowest BCUT2D eigenvalue weighted by atomic mass is 9.76. The lowest BCUT2D eigenvalue weighted by molar-refractivity contribution is -0.0152. The van der Waals surface area contributed by atoms with Gasteiger partial charge in [-0.15, -0.1) is 0 Å². The van der Waals surface area contributed by atoms with Gasteiger partial charge in [-0.3, -0.25) is 4.90 Å². The van der Waals surface area contributed by atoms with E-state index in [0.717, 1.165) is 5.92 Å². The molecule has 2 aromatic carbocycles. The third-order valence-corrected chi connectivity index (χ3v) is 8.40. The number of benzene rings is 2. The van der Waals surface area contributed by atoms with Gasteiger partial charge in [-0.1, -0.05) is 76.1 Å². The number of aryl methyl sites for hydroxylation is 1. The number of rotatable bonds is 2. The van der Waals surface area contributed by atoms with Gasteiger partial charge < -0.3 is 4.90 Å². The Balaban J connectivity index is 1.74. The fourth-order valence-corrected chi connectivity index (χ4v) is 7.16. The van der Waals surface area contributed by atoms with Gasteiger partial charge in [0, 0.05) is 17.3 Å². The Morgan fingerprint density at radius 3 is 2.23 bits per heavy atom. The Bertz CT molecular complexity index is 936. The maximum absolute atomic E-state index is 2.96. The van der Waals surface area contributed by atoms with Crippen molar-refractivity contribution in [2.75, 3.05) is 4.90 Å². The molecule has 0 amide bonds. The predicted molar refractivity (Wildman–Crippen MR) is 127 cm³/mol. The molecule has 1 saturated heterocycles. The van der Waals surface area contributed by atoms with Crippen molar-refractivity contribution in [1.29, 1.82) is 0 Å². The van der Waals surface area contributed by atoms with Crippen LogP contribution in [0.1, 0.15) is 83.0 Å². The maximum atomic E-state index is 2.96. The molecule has 2 aromatic rings. The Hall–Kier alpha value is -1.80. The molecule has 160 valence electrons. The second-order valence-electron chi connectivity index (χ2n) is 11.2. The van der Waals surface area contributed by atoms with Crippen LogP contribution in [0.4, 0.5) is 5.69 Å². The van der Waals surface area contributed by atoms with Crippen LogP contribution >= 0.6 is 0 Å². The molecule has 30 heavy (non-hydrogen) atoms. The number of anilines is 1. The second-order valence-corrected chi connectivity index (χ2v) is 11.2. The summed E-state index contributed by atoms with van der Waals surface area (Å²) < 4.78 is 0. The lowest BCUT2D eigenvalue weighted by Gasteiger charge is -2.50. The van der Waals surface area contributed by atoms with Crippen LogP contribution in [-0.4, -0.2) is 17.1 Å². The highest BCUT2D eigenvalue weighted by atomic mass is 15.5. The summed E-state index contributed by atoms with van der Waals surface area (Å²) in [5.74, 6) is 0.748. The van der Waals surface area contributed by atoms with Crippen molar-refractivity contribution in [3.05, 3.63) is 65.2 Å². The summed E-state index contributed by atoms with van der Waals surface area (Å²) in [6, 6.07) is 19.3. The number of hydrogen-bond acceptors (Lipinski definition) is 2. The molecule has 2 fully saturated rings. The third-order valence-electron chi connectivity index (χ3n) is 8.40. The van der Waals surface area contributed by atoms with E-state index in [9.17, 15) is 0 Å². The topological polar surface area (TPSA) is 6.48 Å². The summed E-state index contributed by atoms with van der Waals surface area (Å²) >= 11 is 0. The molecule has 2 heterocycles. The number of fused-ring (bicyclic) bond motifs is 3. The summed E-state index contributed by atoms with van der Waals surface area (Å²) in [7, 11) is 0. The molecule has 2 nitrogen and oxygen atoms in total. The summed E-state index contributed by atoms with van der Waals surface area (Å²) in [5, 5.41) is 0. The number of nitrogens with zero attached hydrogens (tertiary/aromatic N) is 2. The summed E-state index contributed by atoms with van der Waals surface area (Å²) in [6.45, 7) is 14.6. The van der Waals surface area contributed by atoms with Crippen LogP contribution in [0.2, 0.25) is 0 Å². The highest BCUT2D eigenvalue weighted by Gasteiger charge is 2.63. The molecule has 4 atom stereocenters. The Kier molecular flexibility index (Phi) is 4.60. The van der Waals surface area contributed by atoms with E-state index in [1.165, 1.54) is 36.9 Å². The minimum absolute atomic E-state index is 0.113. The maximum Gasteiger partial charge on any atom is 0.0886 e. The minimum atomic E-state index is 0.113. The zero-order valence-electron chi connectivity index (χ0n) is 19.7. The van der Waals surface area contributed by atoms with E-state index in [0.29, 0.717) is 18.2 Å². The molecule has 0 bridgehead atoms. The van der Waals surface area contributed by atoms with Gasteiger partial charge in [-0.05, 0) is 67.7 Å². The van der Waals surface area contributed by atoms with Gasteiger partial charge in [0.15, 0.2) is 0 Å². The fraction of sp³-hybridized carbons (Fsp3) is 0.571. The SMILES string of the molecule is Cc1ccccc1N1C(C(C)(C)C)N2C(c3ccccc3C2(C)C2CCCC2)[C@@H]1C.